The van der Waals surface area contributed by atoms with Crippen molar-refractivity contribution in [3.05, 3.63) is 47.1 Å². The number of nitrogens with zero attached hydrogens (tertiary/aromatic N) is 1. The highest BCUT2D eigenvalue weighted by molar-refractivity contribution is 7.46. The normalized spacial score (nSPS) is 18.4. The number of phosphoric ester groups is 1. The Bertz CT molecular complexity index is 953. The highest BCUT2D eigenvalue weighted by Crippen LogP contribution is 2.47. The summed E-state index contributed by atoms with van der Waals surface area (Å²) in [4.78, 5) is 31.7. The molecule has 0 fully saturated rings. The van der Waals surface area contributed by atoms with Crippen LogP contribution in [0.15, 0.2) is 35.9 Å². The van der Waals surface area contributed by atoms with Crippen LogP contribution in [0.1, 0.15) is 69.9 Å². The lowest BCUT2D eigenvalue weighted by atomic mass is 9.73. The fourth-order valence-electron chi connectivity index (χ4n) is 4.28. The summed E-state index contributed by atoms with van der Waals surface area (Å²) in [5.41, 5.74) is 3.65. The number of hydrogen-bond acceptors (Lipinski definition) is 5. The molecule has 0 heterocycles. The van der Waals surface area contributed by atoms with E-state index >= 15 is 0 Å². The van der Waals surface area contributed by atoms with Crippen LogP contribution in [-0.4, -0.2) is 46.1 Å². The van der Waals surface area contributed by atoms with E-state index < -0.39 is 13.9 Å². The second-order valence-corrected chi connectivity index (χ2v) is 10.4. The first-order chi connectivity index (χ1) is 15.9. The number of rotatable bonds is 11. The topological polar surface area (TPSA) is 117 Å². The van der Waals surface area contributed by atoms with Gasteiger partial charge >= 0.3 is 13.9 Å². The Balaban J connectivity index is 2.38. The molecule has 0 radical (unpaired) electrons. The van der Waals surface area contributed by atoms with Crippen LogP contribution in [-0.2, 0) is 15.5 Å². The molecule has 0 saturated heterocycles. The van der Waals surface area contributed by atoms with Crippen LogP contribution in [0.5, 0.6) is 11.5 Å². The third-order valence-electron chi connectivity index (χ3n) is 6.16. The summed E-state index contributed by atoms with van der Waals surface area (Å²) in [6.07, 6.45) is 7.09. The Kier molecular flexibility index (Phi) is 10.4. The predicted molar refractivity (Wildman–Crippen MR) is 132 cm³/mol. The first-order valence-electron chi connectivity index (χ1n) is 11.7. The van der Waals surface area contributed by atoms with E-state index in [0.29, 0.717) is 11.3 Å². The fraction of sp³-hybridized carbons (Fsp3) is 0.560. The van der Waals surface area contributed by atoms with Crippen LogP contribution in [0.3, 0.4) is 0 Å². The van der Waals surface area contributed by atoms with Gasteiger partial charge in [0.1, 0.15) is 11.5 Å². The molecule has 3 N–H and O–H groups in total. The highest BCUT2D eigenvalue weighted by atomic mass is 31.2. The number of benzene rings is 1. The van der Waals surface area contributed by atoms with Gasteiger partial charge in [-0.15, -0.1) is 0 Å². The average molecular weight is 496 g/mol. The molecule has 1 aliphatic rings. The Morgan fingerprint density at radius 1 is 1.29 bits per heavy atom. The number of phenols is 1. The van der Waals surface area contributed by atoms with Crippen LogP contribution >= 0.6 is 7.82 Å². The van der Waals surface area contributed by atoms with Gasteiger partial charge in [-0.1, -0.05) is 43.6 Å². The molecular weight excluding hydrogens is 457 g/mol. The van der Waals surface area contributed by atoms with Gasteiger partial charge in [0.15, 0.2) is 0 Å². The minimum atomic E-state index is -4.62. The fourth-order valence-corrected chi connectivity index (χ4v) is 4.60. The van der Waals surface area contributed by atoms with Gasteiger partial charge in [0.05, 0.1) is 6.61 Å². The second-order valence-electron chi connectivity index (χ2n) is 9.13. The first-order valence-corrected chi connectivity index (χ1v) is 13.3. The SMILES string of the molecule is C=C(C)[C@@H]1CCC(C)=C[C@H]1c1c(O)cc(CCCCC)cc1OC(=O)N(C)CCOP(=O)(O)O. The lowest BCUT2D eigenvalue weighted by Gasteiger charge is -2.32. The Labute approximate surface area is 202 Å². The zero-order valence-corrected chi connectivity index (χ0v) is 21.5. The van der Waals surface area contributed by atoms with Crippen molar-refractivity contribution in [2.24, 2.45) is 5.92 Å². The monoisotopic (exact) mass is 495 g/mol. The maximum Gasteiger partial charge on any atom is 0.469 e. The molecule has 1 aromatic carbocycles. The Hall–Kier alpha value is -2.12. The smallest absolute Gasteiger partial charge is 0.469 e. The van der Waals surface area contributed by atoms with Crippen molar-refractivity contribution in [1.29, 1.82) is 0 Å². The van der Waals surface area contributed by atoms with Gasteiger partial charge in [0.2, 0.25) is 0 Å². The molecule has 0 aromatic heterocycles. The summed E-state index contributed by atoms with van der Waals surface area (Å²) in [6.45, 7) is 9.88. The second kappa shape index (κ2) is 12.5. The van der Waals surface area contributed by atoms with Crippen LogP contribution in [0.25, 0.3) is 0 Å². The molecule has 0 spiro atoms. The zero-order valence-electron chi connectivity index (χ0n) is 20.6. The van der Waals surface area contributed by atoms with Crippen molar-refractivity contribution >= 4 is 13.9 Å². The standard InChI is InChI=1S/C25H38NO7P/c1-6-7-8-9-19-15-22(27)24(21-14-18(4)10-11-20(21)17(2)3)23(16-19)33-25(28)26(5)12-13-32-34(29,30)31/h14-16,20-21,27H,2,6-13H2,1,3-5H3,(H2,29,30,31)/t20-,21+/m0/s1. The van der Waals surface area contributed by atoms with Crippen LogP contribution < -0.4 is 4.74 Å². The molecule has 34 heavy (non-hydrogen) atoms. The van der Waals surface area contributed by atoms with Crippen LogP contribution in [0.4, 0.5) is 4.79 Å². The van der Waals surface area contributed by atoms with Gasteiger partial charge in [-0.3, -0.25) is 4.52 Å². The summed E-state index contributed by atoms with van der Waals surface area (Å²) in [5, 5.41) is 11.1. The van der Waals surface area contributed by atoms with Crippen molar-refractivity contribution in [2.75, 3.05) is 20.2 Å². The molecule has 0 bridgehead atoms. The van der Waals surface area contributed by atoms with Gasteiger partial charge in [-0.2, -0.15) is 0 Å². The number of allylic oxidation sites excluding steroid dienone is 3. The summed E-state index contributed by atoms with van der Waals surface area (Å²) in [5.74, 6) is 0.308. The van der Waals surface area contributed by atoms with E-state index in [1.807, 2.05) is 13.0 Å². The summed E-state index contributed by atoms with van der Waals surface area (Å²) in [7, 11) is -3.16. The number of aryl methyl sites for hydroxylation is 1. The number of carbonyl (C=O) groups is 1. The summed E-state index contributed by atoms with van der Waals surface area (Å²) >= 11 is 0. The number of carbonyl (C=O) groups excluding carboxylic acids is 1. The van der Waals surface area contributed by atoms with E-state index in [0.717, 1.165) is 49.7 Å². The highest BCUT2D eigenvalue weighted by Gasteiger charge is 2.31. The first kappa shape index (κ1) is 28.1. The van der Waals surface area contributed by atoms with Gasteiger partial charge in [-0.05, 0) is 63.1 Å². The maximum atomic E-state index is 12.8. The predicted octanol–water partition coefficient (Wildman–Crippen LogP) is 5.68. The van der Waals surface area contributed by atoms with E-state index in [1.54, 1.807) is 6.07 Å². The number of ether oxygens (including phenoxy) is 1. The molecule has 0 unspecified atom stereocenters. The molecule has 1 aliphatic carbocycles. The lowest BCUT2D eigenvalue weighted by molar-refractivity contribution is 0.141. The number of likely N-dealkylation sites (N-methyl/N-ethyl adjacent to an activating group) is 1. The summed E-state index contributed by atoms with van der Waals surface area (Å²) < 4.78 is 21.1. The molecule has 190 valence electrons. The Morgan fingerprint density at radius 3 is 2.62 bits per heavy atom. The van der Waals surface area contributed by atoms with Gasteiger partial charge in [0.25, 0.3) is 0 Å². The number of unbranched alkanes of at least 4 members (excludes halogenated alkanes) is 2. The van der Waals surface area contributed by atoms with Crippen molar-refractivity contribution < 1.29 is 33.5 Å². The Morgan fingerprint density at radius 2 is 2.00 bits per heavy atom. The molecule has 0 aliphatic heterocycles. The molecule has 1 amide bonds. The molecule has 0 saturated carbocycles. The quantitative estimate of drug-likeness (QED) is 0.205. The van der Waals surface area contributed by atoms with E-state index in [9.17, 15) is 14.5 Å². The van der Waals surface area contributed by atoms with Crippen LogP contribution in [0.2, 0.25) is 0 Å². The average Bonchev–Trinajstić information content (AvgIpc) is 2.72. The largest absolute Gasteiger partial charge is 0.507 e. The third-order valence-corrected chi connectivity index (χ3v) is 6.68. The summed E-state index contributed by atoms with van der Waals surface area (Å²) in [6, 6.07) is 3.57. The van der Waals surface area contributed by atoms with Gasteiger partial charge in [-0.25, -0.2) is 9.36 Å². The molecule has 1 aromatic rings. The number of phenolic OH excluding ortho intramolecular Hbond substituents is 1. The van der Waals surface area contributed by atoms with E-state index in [-0.39, 0.29) is 30.7 Å². The van der Waals surface area contributed by atoms with Crippen LogP contribution in [0, 0.1) is 5.92 Å². The lowest BCUT2D eigenvalue weighted by Crippen LogP contribution is -2.33. The van der Waals surface area contributed by atoms with E-state index in [2.05, 4.69) is 31.0 Å². The van der Waals surface area contributed by atoms with Crippen molar-refractivity contribution in [2.45, 2.75) is 65.2 Å². The number of phosphoric acid groups is 1. The molecule has 2 rings (SSSR count). The van der Waals surface area contributed by atoms with E-state index in [1.165, 1.54) is 17.5 Å². The number of hydrogen-bond donors (Lipinski definition) is 3. The third kappa shape index (κ3) is 8.27. The van der Waals surface area contributed by atoms with Gasteiger partial charge < -0.3 is 24.5 Å². The van der Waals surface area contributed by atoms with E-state index in [4.69, 9.17) is 14.5 Å². The minimum absolute atomic E-state index is 0.0712. The van der Waals surface area contributed by atoms with Crippen molar-refractivity contribution in [1.82, 2.24) is 4.90 Å². The molecular formula is C25H38NO7P. The number of aromatic hydroxyl groups is 1. The van der Waals surface area contributed by atoms with Crippen molar-refractivity contribution in [3.63, 3.8) is 0 Å². The van der Waals surface area contributed by atoms with Crippen molar-refractivity contribution in [3.8, 4) is 11.5 Å². The number of amides is 1. The minimum Gasteiger partial charge on any atom is -0.507 e. The molecule has 9 heteroatoms. The zero-order chi connectivity index (χ0) is 25.5. The van der Waals surface area contributed by atoms with Gasteiger partial charge in [0, 0.05) is 25.1 Å². The maximum absolute atomic E-state index is 12.8. The molecule has 2 atom stereocenters. The molecule has 8 nitrogen and oxygen atoms in total.